The number of carbonyl (C=O) groups excluding carboxylic acids is 2. The minimum atomic E-state index is -3.60. The molecular weight excluding hydrogens is 430 g/mol. The lowest BCUT2D eigenvalue weighted by Gasteiger charge is -2.33. The van der Waals surface area contributed by atoms with Gasteiger partial charge in [-0.2, -0.15) is 0 Å². The van der Waals surface area contributed by atoms with Gasteiger partial charge in [-0.25, -0.2) is 8.42 Å². The summed E-state index contributed by atoms with van der Waals surface area (Å²) in [6.45, 7) is 1.52. The van der Waals surface area contributed by atoms with Gasteiger partial charge in [0.1, 0.15) is 5.84 Å². The van der Waals surface area contributed by atoms with Crippen molar-refractivity contribution in [2.45, 2.75) is 24.2 Å². The van der Waals surface area contributed by atoms with E-state index in [0.29, 0.717) is 37.2 Å². The molecule has 2 aliphatic rings. The Morgan fingerprint density at radius 2 is 1.78 bits per heavy atom. The Hall–Kier alpha value is -3.40. The molecule has 0 aliphatic carbocycles. The van der Waals surface area contributed by atoms with Crippen molar-refractivity contribution in [3.05, 3.63) is 54.1 Å². The monoisotopic (exact) mass is 455 g/mol. The van der Waals surface area contributed by atoms with Gasteiger partial charge in [-0.15, -0.1) is 0 Å². The SMILES string of the molecule is NC(=O)C1CCN(c2ccccc2NC(=O)CCN=C2NS(=O)(=O)c3ccccc32)CC1. The number of anilines is 2. The number of sulfonamides is 1. The van der Waals surface area contributed by atoms with Crippen LogP contribution in [0.25, 0.3) is 0 Å². The number of amides is 2. The van der Waals surface area contributed by atoms with Crippen molar-refractivity contribution < 1.29 is 18.0 Å². The normalized spacial score (nSPS) is 18.8. The van der Waals surface area contributed by atoms with Crippen LogP contribution in [-0.4, -0.2) is 45.7 Å². The predicted octanol–water partition coefficient (Wildman–Crippen LogP) is 1.46. The average Bonchev–Trinajstić information content (AvgIpc) is 3.04. The highest BCUT2D eigenvalue weighted by molar-refractivity contribution is 7.90. The molecule has 1 saturated heterocycles. The molecule has 2 aromatic rings. The fourth-order valence-electron chi connectivity index (χ4n) is 3.99. The van der Waals surface area contributed by atoms with Crippen molar-refractivity contribution in [3.8, 4) is 0 Å². The second kappa shape index (κ2) is 8.99. The Balaban J connectivity index is 1.38. The summed E-state index contributed by atoms with van der Waals surface area (Å²) in [6.07, 6.45) is 1.48. The summed E-state index contributed by atoms with van der Waals surface area (Å²) in [5.74, 6) is -0.334. The summed E-state index contributed by atoms with van der Waals surface area (Å²) in [4.78, 5) is 30.6. The summed E-state index contributed by atoms with van der Waals surface area (Å²) < 4.78 is 26.7. The Labute approximate surface area is 186 Å². The zero-order valence-corrected chi connectivity index (χ0v) is 18.3. The van der Waals surface area contributed by atoms with E-state index in [1.54, 1.807) is 18.2 Å². The number of aliphatic imine (C=N–C) groups is 1. The van der Waals surface area contributed by atoms with E-state index in [2.05, 4.69) is 19.9 Å². The number of para-hydroxylation sites is 2. The molecular formula is C22H25N5O4S. The summed E-state index contributed by atoms with van der Waals surface area (Å²) in [6, 6.07) is 14.1. The molecule has 0 atom stereocenters. The molecule has 0 radical (unpaired) electrons. The van der Waals surface area contributed by atoms with Crippen molar-refractivity contribution in [1.29, 1.82) is 0 Å². The molecule has 0 aromatic heterocycles. The van der Waals surface area contributed by atoms with Crippen LogP contribution in [0.5, 0.6) is 0 Å². The highest BCUT2D eigenvalue weighted by Gasteiger charge is 2.30. The molecule has 4 rings (SSSR count). The molecule has 2 heterocycles. The molecule has 2 aliphatic heterocycles. The number of fused-ring (bicyclic) bond motifs is 1. The number of primary amides is 1. The van der Waals surface area contributed by atoms with E-state index >= 15 is 0 Å². The van der Waals surface area contributed by atoms with Crippen LogP contribution in [0.15, 0.2) is 58.4 Å². The third kappa shape index (κ3) is 4.59. The Bertz CT molecular complexity index is 1170. The maximum atomic E-state index is 12.5. The van der Waals surface area contributed by atoms with Crippen molar-refractivity contribution in [1.82, 2.24) is 4.72 Å². The Kier molecular flexibility index (Phi) is 6.13. The van der Waals surface area contributed by atoms with E-state index in [1.807, 2.05) is 24.3 Å². The van der Waals surface area contributed by atoms with Gasteiger partial charge in [0.2, 0.25) is 11.8 Å². The lowest BCUT2D eigenvalue weighted by atomic mass is 9.96. The number of hydrogen-bond donors (Lipinski definition) is 3. The maximum absolute atomic E-state index is 12.5. The van der Waals surface area contributed by atoms with Crippen LogP contribution < -0.4 is 20.7 Å². The van der Waals surface area contributed by atoms with Gasteiger partial charge in [-0.3, -0.25) is 19.3 Å². The first-order chi connectivity index (χ1) is 15.3. The van der Waals surface area contributed by atoms with E-state index in [4.69, 9.17) is 5.73 Å². The molecule has 10 heteroatoms. The molecule has 2 aromatic carbocycles. The van der Waals surface area contributed by atoms with Gasteiger partial charge in [0.25, 0.3) is 10.0 Å². The van der Waals surface area contributed by atoms with Crippen molar-refractivity contribution in [2.75, 3.05) is 29.9 Å². The summed E-state index contributed by atoms with van der Waals surface area (Å²) in [5, 5.41) is 2.92. The molecule has 1 fully saturated rings. The third-order valence-corrected chi connectivity index (χ3v) is 7.08. The molecule has 32 heavy (non-hydrogen) atoms. The first-order valence-electron chi connectivity index (χ1n) is 10.4. The Morgan fingerprint density at radius 3 is 2.53 bits per heavy atom. The number of amidine groups is 1. The number of rotatable bonds is 6. The van der Waals surface area contributed by atoms with E-state index in [0.717, 1.165) is 5.69 Å². The summed E-state index contributed by atoms with van der Waals surface area (Å²) in [7, 11) is -3.60. The lowest BCUT2D eigenvalue weighted by Crippen LogP contribution is -2.38. The number of piperidine rings is 1. The molecule has 9 nitrogen and oxygen atoms in total. The van der Waals surface area contributed by atoms with E-state index < -0.39 is 10.0 Å². The van der Waals surface area contributed by atoms with E-state index in [9.17, 15) is 18.0 Å². The molecule has 4 N–H and O–H groups in total. The molecule has 0 spiro atoms. The quantitative estimate of drug-likeness (QED) is 0.606. The number of nitrogens with one attached hydrogen (secondary N) is 2. The topological polar surface area (TPSA) is 134 Å². The van der Waals surface area contributed by atoms with Crippen LogP contribution in [0.2, 0.25) is 0 Å². The van der Waals surface area contributed by atoms with Gasteiger partial charge in [-0.05, 0) is 37.1 Å². The first-order valence-corrected chi connectivity index (χ1v) is 11.9. The highest BCUT2D eigenvalue weighted by Crippen LogP contribution is 2.30. The lowest BCUT2D eigenvalue weighted by molar-refractivity contribution is -0.122. The average molecular weight is 456 g/mol. The second-order valence-electron chi connectivity index (χ2n) is 7.81. The van der Waals surface area contributed by atoms with Crippen LogP contribution in [0.3, 0.4) is 0 Å². The zero-order chi connectivity index (χ0) is 22.7. The van der Waals surface area contributed by atoms with Crippen LogP contribution in [0.4, 0.5) is 11.4 Å². The van der Waals surface area contributed by atoms with Gasteiger partial charge in [0, 0.05) is 31.0 Å². The van der Waals surface area contributed by atoms with Crippen LogP contribution >= 0.6 is 0 Å². The van der Waals surface area contributed by atoms with Gasteiger partial charge >= 0.3 is 0 Å². The fraction of sp³-hybridized carbons (Fsp3) is 0.318. The molecule has 0 unspecified atom stereocenters. The predicted molar refractivity (Wildman–Crippen MR) is 122 cm³/mol. The molecule has 2 amide bonds. The van der Waals surface area contributed by atoms with Gasteiger partial charge in [0.15, 0.2) is 0 Å². The summed E-state index contributed by atoms with van der Waals surface area (Å²) in [5.41, 5.74) is 7.51. The highest BCUT2D eigenvalue weighted by atomic mass is 32.2. The first kappa shape index (κ1) is 21.8. The molecule has 0 saturated carbocycles. The van der Waals surface area contributed by atoms with Crippen LogP contribution in [0.1, 0.15) is 24.8 Å². The molecule has 168 valence electrons. The fourth-order valence-corrected chi connectivity index (χ4v) is 5.24. The van der Waals surface area contributed by atoms with Crippen molar-refractivity contribution >= 4 is 39.0 Å². The van der Waals surface area contributed by atoms with Gasteiger partial charge < -0.3 is 16.0 Å². The summed E-state index contributed by atoms with van der Waals surface area (Å²) >= 11 is 0. The third-order valence-electron chi connectivity index (χ3n) is 5.69. The van der Waals surface area contributed by atoms with Crippen molar-refractivity contribution in [2.24, 2.45) is 16.6 Å². The smallest absolute Gasteiger partial charge is 0.263 e. The number of nitrogens with zero attached hydrogens (tertiary/aromatic N) is 2. The minimum absolute atomic E-state index is 0.103. The van der Waals surface area contributed by atoms with E-state index in [-0.39, 0.29) is 41.4 Å². The van der Waals surface area contributed by atoms with Gasteiger partial charge in [0.05, 0.1) is 22.8 Å². The zero-order valence-electron chi connectivity index (χ0n) is 17.5. The molecule has 0 bridgehead atoms. The number of nitrogens with two attached hydrogens (primary N) is 1. The number of carbonyl (C=O) groups is 2. The van der Waals surface area contributed by atoms with E-state index in [1.165, 1.54) is 6.07 Å². The van der Waals surface area contributed by atoms with Crippen molar-refractivity contribution in [3.63, 3.8) is 0 Å². The maximum Gasteiger partial charge on any atom is 0.263 e. The second-order valence-corrected chi connectivity index (χ2v) is 9.46. The number of hydrogen-bond acceptors (Lipinski definition) is 6. The van der Waals surface area contributed by atoms with Crippen LogP contribution in [0, 0.1) is 5.92 Å². The standard InChI is InChI=1S/C22H25N5O4S/c23-21(29)15-10-13-27(14-11-15)18-7-3-2-6-17(18)25-20(28)9-12-24-22-16-5-1-4-8-19(16)32(30,31)26-22/h1-8,15H,9-14H2,(H2,23,29)(H,24,26)(H,25,28). The van der Waals surface area contributed by atoms with Gasteiger partial charge in [-0.1, -0.05) is 24.3 Å². The number of benzene rings is 2. The Morgan fingerprint density at radius 1 is 1.09 bits per heavy atom. The largest absolute Gasteiger partial charge is 0.370 e. The van der Waals surface area contributed by atoms with Crippen LogP contribution in [-0.2, 0) is 19.6 Å². The minimum Gasteiger partial charge on any atom is -0.370 e.